The van der Waals surface area contributed by atoms with Gasteiger partial charge in [-0.15, -0.1) is 0 Å². The Morgan fingerprint density at radius 2 is 2.11 bits per heavy atom. The van der Waals surface area contributed by atoms with Gasteiger partial charge in [0.05, 0.1) is 12.3 Å². The molecular formula is C14H22N2O2. The number of H-pyrrole nitrogens is 1. The predicted molar refractivity (Wildman–Crippen MR) is 70.6 cm³/mol. The van der Waals surface area contributed by atoms with Crippen molar-refractivity contribution in [3.63, 3.8) is 0 Å². The monoisotopic (exact) mass is 250 g/mol. The highest BCUT2D eigenvalue weighted by molar-refractivity contribution is 5.06. The Bertz CT molecular complexity index is 434. The molecule has 0 spiro atoms. The van der Waals surface area contributed by atoms with Crippen molar-refractivity contribution in [1.29, 1.82) is 0 Å². The van der Waals surface area contributed by atoms with Gasteiger partial charge in [0.1, 0.15) is 5.82 Å². The van der Waals surface area contributed by atoms with Gasteiger partial charge < -0.3 is 9.72 Å². The lowest BCUT2D eigenvalue weighted by Gasteiger charge is -2.27. The van der Waals surface area contributed by atoms with Crippen LogP contribution < -0.4 is 5.56 Å². The van der Waals surface area contributed by atoms with Crippen molar-refractivity contribution in [1.82, 2.24) is 9.97 Å². The van der Waals surface area contributed by atoms with Gasteiger partial charge in [-0.2, -0.15) is 0 Å². The third-order valence-electron chi connectivity index (χ3n) is 3.92. The minimum atomic E-state index is -0.0651. The van der Waals surface area contributed by atoms with Crippen LogP contribution in [0.4, 0.5) is 0 Å². The molecule has 100 valence electrons. The SMILES string of the molecule is CCC1CCC(c2nc(COC)cc(=O)[nH]2)CC1. The molecule has 1 heterocycles. The topological polar surface area (TPSA) is 55.0 Å². The molecule has 0 bridgehead atoms. The molecule has 1 aliphatic carbocycles. The Labute approximate surface area is 108 Å². The average Bonchev–Trinajstić information content (AvgIpc) is 2.38. The van der Waals surface area contributed by atoms with Crippen LogP contribution in [0.2, 0.25) is 0 Å². The van der Waals surface area contributed by atoms with E-state index in [4.69, 9.17) is 4.74 Å². The van der Waals surface area contributed by atoms with E-state index in [1.165, 1.54) is 25.3 Å². The summed E-state index contributed by atoms with van der Waals surface area (Å²) in [5, 5.41) is 0. The van der Waals surface area contributed by atoms with Crippen LogP contribution in [0.25, 0.3) is 0 Å². The minimum Gasteiger partial charge on any atom is -0.378 e. The maximum atomic E-state index is 11.6. The summed E-state index contributed by atoms with van der Waals surface area (Å²) in [4.78, 5) is 19.0. The van der Waals surface area contributed by atoms with Crippen LogP contribution in [-0.2, 0) is 11.3 Å². The number of nitrogens with one attached hydrogen (secondary N) is 1. The van der Waals surface area contributed by atoms with E-state index in [9.17, 15) is 4.79 Å². The highest BCUT2D eigenvalue weighted by Gasteiger charge is 2.23. The normalized spacial score (nSPS) is 24.1. The summed E-state index contributed by atoms with van der Waals surface area (Å²) in [5.74, 6) is 2.12. The lowest BCUT2D eigenvalue weighted by molar-refractivity contribution is 0.180. The fraction of sp³-hybridized carbons (Fsp3) is 0.714. The van der Waals surface area contributed by atoms with Crippen LogP contribution in [0.15, 0.2) is 10.9 Å². The van der Waals surface area contributed by atoms with E-state index in [0.29, 0.717) is 12.5 Å². The number of rotatable bonds is 4. The van der Waals surface area contributed by atoms with E-state index >= 15 is 0 Å². The van der Waals surface area contributed by atoms with Crippen molar-refractivity contribution in [3.05, 3.63) is 27.9 Å². The van der Waals surface area contributed by atoms with Crippen LogP contribution in [0.5, 0.6) is 0 Å². The van der Waals surface area contributed by atoms with E-state index in [1.54, 1.807) is 7.11 Å². The standard InChI is InChI=1S/C14H22N2O2/c1-3-10-4-6-11(7-5-10)14-15-12(9-18-2)8-13(17)16-14/h8,10-11H,3-7,9H2,1-2H3,(H,15,16,17). The van der Waals surface area contributed by atoms with Crippen LogP contribution >= 0.6 is 0 Å². The number of aromatic amines is 1. The summed E-state index contributed by atoms with van der Waals surface area (Å²) in [6.45, 7) is 2.66. The molecule has 0 aromatic carbocycles. The molecule has 1 aromatic heterocycles. The Morgan fingerprint density at radius 3 is 2.72 bits per heavy atom. The molecule has 0 amide bonds. The Morgan fingerprint density at radius 1 is 1.39 bits per heavy atom. The summed E-state index contributed by atoms with van der Waals surface area (Å²) < 4.78 is 5.04. The van der Waals surface area contributed by atoms with Gasteiger partial charge in [0.2, 0.25) is 0 Å². The van der Waals surface area contributed by atoms with Gasteiger partial charge in [0.15, 0.2) is 0 Å². The molecule has 0 unspecified atom stereocenters. The van der Waals surface area contributed by atoms with E-state index in [2.05, 4.69) is 16.9 Å². The molecule has 0 atom stereocenters. The van der Waals surface area contributed by atoms with Gasteiger partial charge >= 0.3 is 0 Å². The van der Waals surface area contributed by atoms with Gasteiger partial charge in [-0.3, -0.25) is 4.79 Å². The van der Waals surface area contributed by atoms with Crippen LogP contribution in [0, 0.1) is 5.92 Å². The molecule has 18 heavy (non-hydrogen) atoms. The molecular weight excluding hydrogens is 228 g/mol. The summed E-state index contributed by atoms with van der Waals surface area (Å²) in [7, 11) is 1.62. The molecule has 1 aromatic rings. The van der Waals surface area contributed by atoms with E-state index < -0.39 is 0 Å². The van der Waals surface area contributed by atoms with Crippen molar-refractivity contribution in [2.24, 2.45) is 5.92 Å². The van der Waals surface area contributed by atoms with Crippen molar-refractivity contribution < 1.29 is 4.74 Å². The summed E-state index contributed by atoms with van der Waals surface area (Å²) in [5.41, 5.74) is 0.665. The number of ether oxygens (including phenoxy) is 1. The largest absolute Gasteiger partial charge is 0.378 e. The van der Waals surface area contributed by atoms with E-state index in [-0.39, 0.29) is 5.56 Å². The second-order valence-electron chi connectivity index (χ2n) is 5.18. The third kappa shape index (κ3) is 3.19. The Hall–Kier alpha value is -1.16. The summed E-state index contributed by atoms with van der Waals surface area (Å²) in [6.07, 6.45) is 6.04. The first-order valence-corrected chi connectivity index (χ1v) is 6.82. The maximum absolute atomic E-state index is 11.6. The molecule has 1 saturated carbocycles. The molecule has 0 aliphatic heterocycles. The quantitative estimate of drug-likeness (QED) is 0.893. The Kier molecular flexibility index (Phi) is 4.53. The highest BCUT2D eigenvalue weighted by Crippen LogP contribution is 2.35. The molecule has 1 aliphatic rings. The van der Waals surface area contributed by atoms with Gasteiger partial charge in [-0.1, -0.05) is 13.3 Å². The van der Waals surface area contributed by atoms with Crippen molar-refractivity contribution in [2.45, 2.75) is 51.6 Å². The fourth-order valence-electron chi connectivity index (χ4n) is 2.79. The highest BCUT2D eigenvalue weighted by atomic mass is 16.5. The predicted octanol–water partition coefficient (Wildman–Crippen LogP) is 2.60. The molecule has 4 nitrogen and oxygen atoms in total. The van der Waals surface area contributed by atoms with Crippen LogP contribution in [0.1, 0.15) is 56.5 Å². The lowest BCUT2D eigenvalue weighted by Crippen LogP contribution is -2.20. The smallest absolute Gasteiger partial charge is 0.251 e. The third-order valence-corrected chi connectivity index (χ3v) is 3.92. The second kappa shape index (κ2) is 6.14. The van der Waals surface area contributed by atoms with Crippen LogP contribution in [0.3, 0.4) is 0 Å². The first-order valence-electron chi connectivity index (χ1n) is 6.82. The molecule has 0 saturated heterocycles. The fourth-order valence-corrected chi connectivity index (χ4v) is 2.79. The van der Waals surface area contributed by atoms with Crippen LogP contribution in [-0.4, -0.2) is 17.1 Å². The number of hydrogen-bond donors (Lipinski definition) is 1. The van der Waals surface area contributed by atoms with Crippen molar-refractivity contribution in [3.8, 4) is 0 Å². The van der Waals surface area contributed by atoms with E-state index in [1.807, 2.05) is 0 Å². The average molecular weight is 250 g/mol. The zero-order chi connectivity index (χ0) is 13.0. The Balaban J connectivity index is 2.11. The number of hydrogen-bond acceptors (Lipinski definition) is 3. The zero-order valence-electron chi connectivity index (χ0n) is 11.2. The van der Waals surface area contributed by atoms with Crippen molar-refractivity contribution in [2.75, 3.05) is 7.11 Å². The summed E-state index contributed by atoms with van der Waals surface area (Å²) in [6, 6.07) is 1.52. The van der Waals surface area contributed by atoms with Gasteiger partial charge in [-0.25, -0.2) is 4.98 Å². The van der Waals surface area contributed by atoms with Gasteiger partial charge in [0.25, 0.3) is 5.56 Å². The van der Waals surface area contributed by atoms with Gasteiger partial charge in [-0.05, 0) is 31.6 Å². The van der Waals surface area contributed by atoms with E-state index in [0.717, 1.165) is 30.3 Å². The second-order valence-corrected chi connectivity index (χ2v) is 5.18. The molecule has 1 N–H and O–H groups in total. The minimum absolute atomic E-state index is 0.0651. The van der Waals surface area contributed by atoms with Crippen molar-refractivity contribution >= 4 is 0 Å². The molecule has 0 radical (unpaired) electrons. The lowest BCUT2D eigenvalue weighted by atomic mass is 9.80. The molecule has 2 rings (SSSR count). The maximum Gasteiger partial charge on any atom is 0.251 e. The van der Waals surface area contributed by atoms with Gasteiger partial charge in [0, 0.05) is 19.1 Å². The zero-order valence-corrected chi connectivity index (χ0v) is 11.2. The summed E-state index contributed by atoms with van der Waals surface area (Å²) >= 11 is 0. The molecule has 4 heteroatoms. The molecule has 1 fully saturated rings. The number of methoxy groups -OCH3 is 1. The first-order chi connectivity index (χ1) is 8.72. The number of nitrogens with zero attached hydrogens (tertiary/aromatic N) is 1. The number of aromatic nitrogens is 2. The first kappa shape index (κ1) is 13.3.